The van der Waals surface area contributed by atoms with Gasteiger partial charge in [-0.2, -0.15) is 0 Å². The van der Waals surface area contributed by atoms with E-state index in [0.717, 1.165) is 12.0 Å². The molecule has 0 saturated heterocycles. The zero-order valence-corrected chi connectivity index (χ0v) is 12.9. The lowest BCUT2D eigenvalue weighted by Crippen LogP contribution is -2.30. The van der Waals surface area contributed by atoms with Crippen LogP contribution in [0.15, 0.2) is 29.2 Å². The summed E-state index contributed by atoms with van der Waals surface area (Å²) in [7, 11) is -3.40. The van der Waals surface area contributed by atoms with Crippen LogP contribution in [0.25, 0.3) is 0 Å². The van der Waals surface area contributed by atoms with Gasteiger partial charge in [0.1, 0.15) is 0 Å². The van der Waals surface area contributed by atoms with Crippen LogP contribution in [-0.2, 0) is 16.4 Å². The molecule has 4 nitrogen and oxygen atoms in total. The number of hydrogen-bond acceptors (Lipinski definition) is 3. The molecule has 0 radical (unpaired) electrons. The Kier molecular flexibility index (Phi) is 5.52. The maximum Gasteiger partial charge on any atom is 0.240 e. The number of benzene rings is 1. The van der Waals surface area contributed by atoms with Crippen molar-refractivity contribution in [1.82, 2.24) is 4.72 Å². The Labute approximate surface area is 116 Å². The van der Waals surface area contributed by atoms with Crippen LogP contribution in [-0.4, -0.2) is 20.5 Å². The zero-order valence-electron chi connectivity index (χ0n) is 12.1. The largest absolute Gasteiger partial charge is 0.327 e. The summed E-state index contributed by atoms with van der Waals surface area (Å²) in [5.74, 6) is 0.408. The quantitative estimate of drug-likeness (QED) is 0.838. The molecule has 0 aromatic heterocycles. The minimum atomic E-state index is -3.40. The van der Waals surface area contributed by atoms with E-state index in [4.69, 9.17) is 5.73 Å². The second kappa shape index (κ2) is 6.50. The first kappa shape index (κ1) is 16.1. The standard InChI is InChI=1S/C14H24N2O2S/c1-10(2)14(15)9-12-5-7-13(8-6-12)19(17,18)16-11(3)4/h5-8,10-11,14,16H,9,15H2,1-4H3. The second-order valence-electron chi connectivity index (χ2n) is 5.53. The van der Waals surface area contributed by atoms with Crippen molar-refractivity contribution < 1.29 is 8.42 Å². The molecule has 1 aromatic rings. The monoisotopic (exact) mass is 284 g/mol. The van der Waals surface area contributed by atoms with Crippen molar-refractivity contribution in [2.45, 2.75) is 51.1 Å². The normalized spacial score (nSPS) is 14.1. The number of sulfonamides is 1. The van der Waals surface area contributed by atoms with E-state index < -0.39 is 10.0 Å². The molecule has 3 N–H and O–H groups in total. The highest BCUT2D eigenvalue weighted by Crippen LogP contribution is 2.13. The highest BCUT2D eigenvalue weighted by atomic mass is 32.2. The number of rotatable bonds is 6. The molecule has 0 aliphatic rings. The zero-order chi connectivity index (χ0) is 14.6. The van der Waals surface area contributed by atoms with Crippen molar-refractivity contribution in [2.75, 3.05) is 0 Å². The van der Waals surface area contributed by atoms with E-state index in [9.17, 15) is 8.42 Å². The molecule has 19 heavy (non-hydrogen) atoms. The van der Waals surface area contributed by atoms with Crippen molar-refractivity contribution in [3.63, 3.8) is 0 Å². The van der Waals surface area contributed by atoms with Crippen LogP contribution in [0.1, 0.15) is 33.3 Å². The van der Waals surface area contributed by atoms with Crippen LogP contribution < -0.4 is 10.5 Å². The second-order valence-corrected chi connectivity index (χ2v) is 7.25. The third kappa shape index (κ3) is 4.93. The summed E-state index contributed by atoms with van der Waals surface area (Å²) in [5.41, 5.74) is 7.07. The molecular formula is C14H24N2O2S. The van der Waals surface area contributed by atoms with E-state index in [0.29, 0.717) is 10.8 Å². The molecule has 0 heterocycles. The van der Waals surface area contributed by atoms with Gasteiger partial charge >= 0.3 is 0 Å². The lowest BCUT2D eigenvalue weighted by molar-refractivity contribution is 0.490. The summed E-state index contributed by atoms with van der Waals surface area (Å²) in [4.78, 5) is 0.295. The van der Waals surface area contributed by atoms with Gasteiger partial charge in [-0.15, -0.1) is 0 Å². The molecule has 1 unspecified atom stereocenters. The van der Waals surface area contributed by atoms with Crippen molar-refractivity contribution in [3.05, 3.63) is 29.8 Å². The number of hydrogen-bond donors (Lipinski definition) is 2. The summed E-state index contributed by atoms with van der Waals surface area (Å²) >= 11 is 0. The Hall–Kier alpha value is -0.910. The predicted molar refractivity (Wildman–Crippen MR) is 78.4 cm³/mol. The first-order valence-corrected chi connectivity index (χ1v) is 8.07. The lowest BCUT2D eigenvalue weighted by Gasteiger charge is -2.16. The molecule has 0 saturated carbocycles. The summed E-state index contributed by atoms with van der Waals surface area (Å²) in [6, 6.07) is 6.91. The molecule has 0 amide bonds. The average molecular weight is 284 g/mol. The molecule has 0 bridgehead atoms. The topological polar surface area (TPSA) is 72.2 Å². The smallest absolute Gasteiger partial charge is 0.240 e. The number of nitrogens with one attached hydrogen (secondary N) is 1. The molecule has 1 rings (SSSR count). The predicted octanol–water partition coefficient (Wildman–Crippen LogP) is 1.90. The van der Waals surface area contributed by atoms with Crippen LogP contribution in [0.2, 0.25) is 0 Å². The van der Waals surface area contributed by atoms with Crippen LogP contribution >= 0.6 is 0 Å². The summed E-state index contributed by atoms with van der Waals surface area (Å²) in [6.45, 7) is 7.76. The van der Waals surface area contributed by atoms with Gasteiger partial charge in [0.25, 0.3) is 0 Å². The highest BCUT2D eigenvalue weighted by molar-refractivity contribution is 7.89. The maximum absolute atomic E-state index is 11.9. The van der Waals surface area contributed by atoms with Crippen LogP contribution in [0.4, 0.5) is 0 Å². The Bertz CT molecular complexity index is 493. The summed E-state index contributed by atoms with van der Waals surface area (Å²) in [5, 5.41) is 0. The highest BCUT2D eigenvalue weighted by Gasteiger charge is 2.15. The third-order valence-electron chi connectivity index (χ3n) is 2.95. The van der Waals surface area contributed by atoms with Gasteiger partial charge in [0, 0.05) is 12.1 Å². The third-order valence-corrected chi connectivity index (χ3v) is 4.63. The van der Waals surface area contributed by atoms with Crippen molar-refractivity contribution in [2.24, 2.45) is 11.7 Å². The van der Waals surface area contributed by atoms with Gasteiger partial charge in [0.05, 0.1) is 4.90 Å². The number of nitrogens with two attached hydrogens (primary N) is 1. The molecule has 0 fully saturated rings. The van der Waals surface area contributed by atoms with Gasteiger partial charge < -0.3 is 5.73 Å². The fraction of sp³-hybridized carbons (Fsp3) is 0.571. The molecule has 0 aliphatic heterocycles. The maximum atomic E-state index is 11.9. The first-order valence-electron chi connectivity index (χ1n) is 6.59. The van der Waals surface area contributed by atoms with E-state index in [1.807, 2.05) is 12.1 Å². The minimum Gasteiger partial charge on any atom is -0.327 e. The SMILES string of the molecule is CC(C)NS(=O)(=O)c1ccc(CC(N)C(C)C)cc1. The van der Waals surface area contributed by atoms with E-state index in [-0.39, 0.29) is 12.1 Å². The molecular weight excluding hydrogens is 260 g/mol. The molecule has 5 heteroatoms. The molecule has 0 spiro atoms. The average Bonchev–Trinajstić information content (AvgIpc) is 2.27. The van der Waals surface area contributed by atoms with Crippen LogP contribution in [0.5, 0.6) is 0 Å². The van der Waals surface area contributed by atoms with E-state index in [2.05, 4.69) is 18.6 Å². The summed E-state index contributed by atoms with van der Waals surface area (Å²) in [6.07, 6.45) is 0.760. The molecule has 108 valence electrons. The Morgan fingerprint density at radius 1 is 1.11 bits per heavy atom. The molecule has 0 aliphatic carbocycles. The fourth-order valence-electron chi connectivity index (χ4n) is 1.69. The van der Waals surface area contributed by atoms with E-state index in [1.54, 1.807) is 26.0 Å². The van der Waals surface area contributed by atoms with Crippen LogP contribution in [0.3, 0.4) is 0 Å². The Morgan fingerprint density at radius 3 is 2.05 bits per heavy atom. The Morgan fingerprint density at radius 2 is 1.63 bits per heavy atom. The lowest BCUT2D eigenvalue weighted by atomic mass is 9.97. The van der Waals surface area contributed by atoms with Crippen LogP contribution in [0, 0.1) is 5.92 Å². The van der Waals surface area contributed by atoms with Crippen molar-refractivity contribution >= 4 is 10.0 Å². The van der Waals surface area contributed by atoms with Gasteiger partial charge in [-0.25, -0.2) is 13.1 Å². The van der Waals surface area contributed by atoms with E-state index in [1.165, 1.54) is 0 Å². The van der Waals surface area contributed by atoms with Gasteiger partial charge in [-0.3, -0.25) is 0 Å². The van der Waals surface area contributed by atoms with Crippen molar-refractivity contribution in [1.29, 1.82) is 0 Å². The molecule has 1 aromatic carbocycles. The van der Waals surface area contributed by atoms with Gasteiger partial charge in [0.2, 0.25) is 10.0 Å². The molecule has 1 atom stereocenters. The van der Waals surface area contributed by atoms with Gasteiger partial charge in [0.15, 0.2) is 0 Å². The summed E-state index contributed by atoms with van der Waals surface area (Å²) < 4.78 is 26.5. The first-order chi connectivity index (χ1) is 8.72. The fourth-order valence-corrected chi connectivity index (χ4v) is 2.94. The Balaban J connectivity index is 2.82. The van der Waals surface area contributed by atoms with E-state index >= 15 is 0 Å². The van der Waals surface area contributed by atoms with Gasteiger partial charge in [-0.05, 0) is 43.9 Å². The van der Waals surface area contributed by atoms with Crippen molar-refractivity contribution in [3.8, 4) is 0 Å². The minimum absolute atomic E-state index is 0.0937. The van der Waals surface area contributed by atoms with Gasteiger partial charge in [-0.1, -0.05) is 26.0 Å².